The van der Waals surface area contributed by atoms with Crippen LogP contribution in [0.3, 0.4) is 0 Å². The van der Waals surface area contributed by atoms with E-state index in [9.17, 15) is 4.79 Å². The Hall–Kier alpha value is -1.31. The molecule has 1 rings (SSSR count). The van der Waals surface area contributed by atoms with Crippen LogP contribution >= 0.6 is 0 Å². The van der Waals surface area contributed by atoms with Crippen LogP contribution in [0.25, 0.3) is 0 Å². The third kappa shape index (κ3) is 2.74. The monoisotopic (exact) mass is 248 g/mol. The first-order valence-corrected chi connectivity index (χ1v) is 6.84. The summed E-state index contributed by atoms with van der Waals surface area (Å²) in [5.41, 5.74) is 0.798. The lowest BCUT2D eigenvalue weighted by atomic mass is 9.69. The Kier molecular flexibility index (Phi) is 5.39. The van der Waals surface area contributed by atoms with E-state index in [4.69, 9.17) is 4.74 Å². The van der Waals surface area contributed by atoms with Crippen molar-refractivity contribution in [3.05, 3.63) is 35.9 Å². The van der Waals surface area contributed by atoms with Crippen LogP contribution in [0.5, 0.6) is 0 Å². The zero-order valence-electron chi connectivity index (χ0n) is 11.9. The maximum absolute atomic E-state index is 12.3. The molecule has 2 nitrogen and oxygen atoms in total. The van der Waals surface area contributed by atoms with Gasteiger partial charge in [-0.1, -0.05) is 51.1 Å². The number of ether oxygens (including phenoxy) is 1. The Morgan fingerprint density at radius 2 is 1.72 bits per heavy atom. The quantitative estimate of drug-likeness (QED) is 0.707. The standard InChI is InChI=1S/C16H24O2/c1-5-16(6-2,15(17)18-7-3)13(4)14-11-9-8-10-12-14/h8-13H,5-7H2,1-4H3. The van der Waals surface area contributed by atoms with E-state index in [2.05, 4.69) is 32.9 Å². The van der Waals surface area contributed by atoms with Crippen LogP contribution in [0.4, 0.5) is 0 Å². The number of rotatable bonds is 6. The highest BCUT2D eigenvalue weighted by atomic mass is 16.5. The third-order valence-electron chi connectivity index (χ3n) is 4.07. The van der Waals surface area contributed by atoms with Crippen LogP contribution in [0.2, 0.25) is 0 Å². The fraction of sp³-hybridized carbons (Fsp3) is 0.562. The van der Waals surface area contributed by atoms with Crippen molar-refractivity contribution in [2.24, 2.45) is 5.41 Å². The van der Waals surface area contributed by atoms with Gasteiger partial charge in [-0.05, 0) is 31.2 Å². The van der Waals surface area contributed by atoms with Crippen LogP contribution in [0.15, 0.2) is 30.3 Å². The van der Waals surface area contributed by atoms with Gasteiger partial charge >= 0.3 is 5.97 Å². The van der Waals surface area contributed by atoms with Crippen LogP contribution < -0.4 is 0 Å². The molecule has 0 aliphatic carbocycles. The SMILES string of the molecule is CCOC(=O)C(CC)(CC)C(C)c1ccccc1. The van der Waals surface area contributed by atoms with Crippen molar-refractivity contribution in [2.45, 2.75) is 46.5 Å². The van der Waals surface area contributed by atoms with Crippen molar-refractivity contribution in [1.29, 1.82) is 0 Å². The first kappa shape index (κ1) is 14.7. The molecule has 0 saturated carbocycles. The summed E-state index contributed by atoms with van der Waals surface area (Å²) in [6, 6.07) is 10.2. The topological polar surface area (TPSA) is 26.3 Å². The summed E-state index contributed by atoms with van der Waals surface area (Å²) in [4.78, 5) is 12.3. The number of esters is 1. The molecule has 0 aromatic heterocycles. The molecule has 0 N–H and O–H groups in total. The Balaban J connectivity index is 3.08. The van der Waals surface area contributed by atoms with E-state index in [1.807, 2.05) is 25.1 Å². The van der Waals surface area contributed by atoms with E-state index in [1.54, 1.807) is 0 Å². The lowest BCUT2D eigenvalue weighted by Gasteiger charge is -2.35. The summed E-state index contributed by atoms with van der Waals surface area (Å²) >= 11 is 0. The van der Waals surface area contributed by atoms with Crippen LogP contribution in [0, 0.1) is 5.41 Å². The molecule has 0 aliphatic heterocycles. The molecule has 18 heavy (non-hydrogen) atoms. The smallest absolute Gasteiger partial charge is 0.312 e. The van der Waals surface area contributed by atoms with Gasteiger partial charge in [0.25, 0.3) is 0 Å². The number of carbonyl (C=O) groups excluding carboxylic acids is 1. The predicted octanol–water partition coefficient (Wildman–Crippen LogP) is 4.16. The van der Waals surface area contributed by atoms with E-state index in [0.29, 0.717) is 6.61 Å². The molecule has 0 bridgehead atoms. The summed E-state index contributed by atoms with van der Waals surface area (Å²) in [5.74, 6) is 0.110. The van der Waals surface area contributed by atoms with Gasteiger partial charge in [0.1, 0.15) is 0 Å². The van der Waals surface area contributed by atoms with E-state index in [-0.39, 0.29) is 11.9 Å². The van der Waals surface area contributed by atoms with Crippen LogP contribution in [0.1, 0.15) is 52.0 Å². The molecule has 100 valence electrons. The molecular formula is C16H24O2. The molecule has 0 saturated heterocycles. The fourth-order valence-corrected chi connectivity index (χ4v) is 2.66. The van der Waals surface area contributed by atoms with Gasteiger partial charge in [0.15, 0.2) is 0 Å². The van der Waals surface area contributed by atoms with Crippen molar-refractivity contribution in [1.82, 2.24) is 0 Å². The molecule has 1 atom stereocenters. The summed E-state index contributed by atoms with van der Waals surface area (Å²) in [6.45, 7) is 8.57. The van der Waals surface area contributed by atoms with Gasteiger partial charge in [-0.3, -0.25) is 4.79 Å². The van der Waals surface area contributed by atoms with Crippen LogP contribution in [-0.2, 0) is 9.53 Å². The molecular weight excluding hydrogens is 224 g/mol. The van der Waals surface area contributed by atoms with Crippen LogP contribution in [-0.4, -0.2) is 12.6 Å². The molecule has 1 unspecified atom stereocenters. The number of hydrogen-bond donors (Lipinski definition) is 0. The van der Waals surface area contributed by atoms with E-state index in [0.717, 1.165) is 12.8 Å². The Morgan fingerprint density at radius 1 is 1.17 bits per heavy atom. The zero-order valence-corrected chi connectivity index (χ0v) is 11.9. The average Bonchev–Trinajstić information content (AvgIpc) is 2.42. The average molecular weight is 248 g/mol. The molecule has 0 aliphatic rings. The number of benzene rings is 1. The van der Waals surface area contributed by atoms with Gasteiger partial charge in [-0.15, -0.1) is 0 Å². The Morgan fingerprint density at radius 3 is 2.17 bits per heavy atom. The summed E-state index contributed by atoms with van der Waals surface area (Å²) in [5, 5.41) is 0. The molecule has 0 spiro atoms. The lowest BCUT2D eigenvalue weighted by molar-refractivity contribution is -0.157. The highest BCUT2D eigenvalue weighted by Crippen LogP contribution is 2.42. The second kappa shape index (κ2) is 6.58. The largest absolute Gasteiger partial charge is 0.466 e. The minimum Gasteiger partial charge on any atom is -0.466 e. The van der Waals surface area contributed by atoms with Crippen molar-refractivity contribution in [2.75, 3.05) is 6.61 Å². The maximum atomic E-state index is 12.3. The van der Waals surface area contributed by atoms with Crippen molar-refractivity contribution < 1.29 is 9.53 Å². The second-order valence-corrected chi connectivity index (χ2v) is 4.72. The highest BCUT2D eigenvalue weighted by Gasteiger charge is 2.42. The van der Waals surface area contributed by atoms with Crippen molar-refractivity contribution in [3.8, 4) is 0 Å². The van der Waals surface area contributed by atoms with Crippen molar-refractivity contribution in [3.63, 3.8) is 0 Å². The molecule has 0 fully saturated rings. The van der Waals surface area contributed by atoms with E-state index < -0.39 is 5.41 Å². The third-order valence-corrected chi connectivity index (χ3v) is 4.07. The maximum Gasteiger partial charge on any atom is 0.312 e. The molecule has 1 aromatic rings. The highest BCUT2D eigenvalue weighted by molar-refractivity contribution is 5.78. The normalized spacial score (nSPS) is 13.1. The number of carbonyl (C=O) groups is 1. The van der Waals surface area contributed by atoms with E-state index >= 15 is 0 Å². The molecule has 0 amide bonds. The summed E-state index contributed by atoms with van der Waals surface area (Å²) < 4.78 is 5.29. The first-order chi connectivity index (χ1) is 8.62. The molecule has 1 aromatic carbocycles. The molecule has 2 heteroatoms. The lowest BCUT2D eigenvalue weighted by Crippen LogP contribution is -2.37. The minimum absolute atomic E-state index is 0.0636. The van der Waals surface area contributed by atoms with Gasteiger partial charge < -0.3 is 4.74 Å². The van der Waals surface area contributed by atoms with Gasteiger partial charge in [-0.25, -0.2) is 0 Å². The second-order valence-electron chi connectivity index (χ2n) is 4.72. The molecule has 0 radical (unpaired) electrons. The Bertz CT molecular complexity index is 366. The zero-order chi connectivity index (χ0) is 13.6. The van der Waals surface area contributed by atoms with Gasteiger partial charge in [0.05, 0.1) is 12.0 Å². The van der Waals surface area contributed by atoms with Gasteiger partial charge in [-0.2, -0.15) is 0 Å². The number of hydrogen-bond acceptors (Lipinski definition) is 2. The van der Waals surface area contributed by atoms with E-state index in [1.165, 1.54) is 5.56 Å². The Labute approximate surface area is 110 Å². The summed E-state index contributed by atoms with van der Waals surface area (Å²) in [7, 11) is 0. The first-order valence-electron chi connectivity index (χ1n) is 6.84. The fourth-order valence-electron chi connectivity index (χ4n) is 2.66. The van der Waals surface area contributed by atoms with Gasteiger partial charge in [0, 0.05) is 0 Å². The molecule has 0 heterocycles. The minimum atomic E-state index is -0.405. The van der Waals surface area contributed by atoms with Crippen molar-refractivity contribution >= 4 is 5.97 Å². The predicted molar refractivity (Wildman–Crippen MR) is 74.5 cm³/mol. The summed E-state index contributed by atoms with van der Waals surface area (Å²) in [6.07, 6.45) is 1.61. The van der Waals surface area contributed by atoms with Gasteiger partial charge in [0.2, 0.25) is 0 Å².